The number of nitrogens with one attached hydrogen (secondary N) is 1. The third kappa shape index (κ3) is 3.79. The van der Waals surface area contributed by atoms with E-state index in [1.165, 1.54) is 0 Å². The summed E-state index contributed by atoms with van der Waals surface area (Å²) in [6, 6.07) is 16.5. The normalized spacial score (nSPS) is 10.6. The van der Waals surface area contributed by atoms with Crippen LogP contribution in [0, 0.1) is 11.3 Å². The highest BCUT2D eigenvalue weighted by Gasteiger charge is 2.24. The van der Waals surface area contributed by atoms with E-state index in [4.69, 9.17) is 16.2 Å². The Kier molecular flexibility index (Phi) is 5.50. The number of carbonyl (C=O) groups excluding carboxylic acids is 1. The van der Waals surface area contributed by atoms with Gasteiger partial charge < -0.3 is 21.5 Å². The second kappa shape index (κ2) is 8.26. The first kappa shape index (κ1) is 20.7. The lowest BCUT2D eigenvalue weighted by atomic mass is 9.97. The number of nitrogens with zero attached hydrogens (tertiary/aromatic N) is 2. The molecule has 0 unspecified atom stereocenters. The molecule has 9 heteroatoms. The van der Waals surface area contributed by atoms with Crippen LogP contribution in [0.25, 0.3) is 21.3 Å². The maximum absolute atomic E-state index is 12.9. The third-order valence-corrected chi connectivity index (χ3v) is 6.33. The van der Waals surface area contributed by atoms with Crippen molar-refractivity contribution in [1.29, 1.82) is 5.26 Å². The number of benzene rings is 2. The SMILES string of the molecule is COc1ccc(-c2c(C#N)c(N)nc3sc(C(=O)Nc4ccc(Br)cc4)c(N)c23)cc1. The highest BCUT2D eigenvalue weighted by atomic mass is 79.9. The number of aromatic nitrogens is 1. The minimum absolute atomic E-state index is 0.0851. The fraction of sp³-hybridized carbons (Fsp3) is 0.0455. The fourth-order valence-electron chi connectivity index (χ4n) is 3.22. The number of rotatable bonds is 4. The van der Waals surface area contributed by atoms with Crippen molar-refractivity contribution in [2.24, 2.45) is 0 Å². The van der Waals surface area contributed by atoms with Crippen LogP contribution in [0.4, 0.5) is 17.2 Å². The molecule has 2 aromatic heterocycles. The Bertz CT molecular complexity index is 1340. The van der Waals surface area contributed by atoms with Crippen LogP contribution in [0.15, 0.2) is 53.0 Å². The first-order chi connectivity index (χ1) is 14.9. The van der Waals surface area contributed by atoms with Gasteiger partial charge in [-0.25, -0.2) is 4.98 Å². The zero-order valence-electron chi connectivity index (χ0n) is 16.3. The van der Waals surface area contributed by atoms with Crippen LogP contribution in [-0.4, -0.2) is 18.0 Å². The zero-order chi connectivity index (χ0) is 22.1. The number of methoxy groups -OCH3 is 1. The summed E-state index contributed by atoms with van der Waals surface area (Å²) in [5, 5.41) is 13.1. The van der Waals surface area contributed by atoms with Crippen LogP contribution in [0.2, 0.25) is 0 Å². The third-order valence-electron chi connectivity index (χ3n) is 4.70. The molecule has 0 saturated heterocycles. The molecule has 2 heterocycles. The van der Waals surface area contributed by atoms with Crippen molar-refractivity contribution in [2.45, 2.75) is 0 Å². The second-order valence-corrected chi connectivity index (χ2v) is 8.49. The van der Waals surface area contributed by atoms with Crippen molar-refractivity contribution in [2.75, 3.05) is 23.9 Å². The molecule has 0 radical (unpaired) electrons. The van der Waals surface area contributed by atoms with Crippen molar-refractivity contribution < 1.29 is 9.53 Å². The molecule has 0 aliphatic heterocycles. The van der Waals surface area contributed by atoms with Gasteiger partial charge in [-0.2, -0.15) is 5.26 Å². The van der Waals surface area contributed by atoms with Crippen LogP contribution >= 0.6 is 27.3 Å². The lowest BCUT2D eigenvalue weighted by molar-refractivity contribution is 0.103. The number of fused-ring (bicyclic) bond motifs is 1. The maximum Gasteiger partial charge on any atom is 0.267 e. The largest absolute Gasteiger partial charge is 0.497 e. The molecule has 154 valence electrons. The molecule has 0 bridgehead atoms. The summed E-state index contributed by atoms with van der Waals surface area (Å²) in [5.41, 5.74) is 14.8. The van der Waals surface area contributed by atoms with E-state index in [2.05, 4.69) is 32.3 Å². The van der Waals surface area contributed by atoms with Crippen LogP contribution in [0.3, 0.4) is 0 Å². The van der Waals surface area contributed by atoms with Crippen LogP contribution in [-0.2, 0) is 0 Å². The van der Waals surface area contributed by atoms with Gasteiger partial charge in [0.1, 0.15) is 32.9 Å². The van der Waals surface area contributed by atoms with Gasteiger partial charge in [0.15, 0.2) is 0 Å². The molecule has 0 atom stereocenters. The number of amides is 1. The van der Waals surface area contributed by atoms with Gasteiger partial charge in [-0.3, -0.25) is 4.79 Å². The molecule has 4 rings (SSSR count). The number of anilines is 3. The van der Waals surface area contributed by atoms with E-state index in [-0.39, 0.29) is 23.0 Å². The smallest absolute Gasteiger partial charge is 0.267 e. The Labute approximate surface area is 190 Å². The van der Waals surface area contributed by atoms with Crippen molar-refractivity contribution >= 4 is 60.6 Å². The fourth-order valence-corrected chi connectivity index (χ4v) is 4.49. The maximum atomic E-state index is 12.9. The molecule has 0 aliphatic rings. The standard InChI is InChI=1S/C22H16BrN5O2S/c1-30-14-8-2-11(3-9-14)16-15(10-24)20(26)28-22-17(16)18(25)19(31-22)21(29)27-13-6-4-12(23)5-7-13/h2-9H,25H2,1H3,(H2,26,28)(H,27,29). The highest BCUT2D eigenvalue weighted by Crippen LogP contribution is 2.43. The van der Waals surface area contributed by atoms with Crippen LogP contribution in [0.5, 0.6) is 5.75 Å². The predicted molar refractivity (Wildman–Crippen MR) is 127 cm³/mol. The van der Waals surface area contributed by atoms with E-state index in [0.717, 1.165) is 21.4 Å². The van der Waals surface area contributed by atoms with E-state index in [1.807, 2.05) is 24.3 Å². The minimum Gasteiger partial charge on any atom is -0.497 e. The predicted octanol–water partition coefficient (Wildman–Crippen LogP) is 5.02. The molecule has 0 aliphatic carbocycles. The summed E-state index contributed by atoms with van der Waals surface area (Å²) in [6.07, 6.45) is 0. The van der Waals surface area contributed by atoms with E-state index in [1.54, 1.807) is 31.4 Å². The van der Waals surface area contributed by atoms with Crippen molar-refractivity contribution in [1.82, 2.24) is 4.98 Å². The molecule has 4 aromatic rings. The first-order valence-corrected chi connectivity index (χ1v) is 10.7. The molecular weight excluding hydrogens is 478 g/mol. The topological polar surface area (TPSA) is 127 Å². The van der Waals surface area contributed by atoms with E-state index >= 15 is 0 Å². The highest BCUT2D eigenvalue weighted by molar-refractivity contribution is 9.10. The molecule has 1 amide bonds. The van der Waals surface area contributed by atoms with Gasteiger partial charge in [-0.05, 0) is 42.0 Å². The summed E-state index contributed by atoms with van der Waals surface area (Å²) in [7, 11) is 1.57. The van der Waals surface area contributed by atoms with Gasteiger partial charge in [0.25, 0.3) is 5.91 Å². The number of carbonyl (C=O) groups is 1. The van der Waals surface area contributed by atoms with Crippen LogP contribution in [0.1, 0.15) is 15.2 Å². The Morgan fingerprint density at radius 1 is 1.16 bits per heavy atom. The lowest BCUT2D eigenvalue weighted by Gasteiger charge is -2.10. The van der Waals surface area contributed by atoms with E-state index < -0.39 is 0 Å². The second-order valence-electron chi connectivity index (χ2n) is 6.57. The first-order valence-electron chi connectivity index (χ1n) is 9.05. The number of ether oxygens (including phenoxy) is 1. The van der Waals surface area contributed by atoms with Gasteiger partial charge in [-0.15, -0.1) is 11.3 Å². The number of halogens is 1. The zero-order valence-corrected chi connectivity index (χ0v) is 18.7. The minimum atomic E-state index is -0.361. The van der Waals surface area contributed by atoms with Gasteiger partial charge >= 0.3 is 0 Å². The van der Waals surface area contributed by atoms with Crippen molar-refractivity contribution in [3.8, 4) is 22.9 Å². The molecule has 5 N–H and O–H groups in total. The average molecular weight is 494 g/mol. The Balaban J connectivity index is 1.87. The van der Waals surface area contributed by atoms with Crippen molar-refractivity contribution in [3.05, 3.63) is 63.4 Å². The molecule has 0 spiro atoms. The average Bonchev–Trinajstić information content (AvgIpc) is 3.10. The number of thiophene rings is 1. The number of nitrogens with two attached hydrogens (primary N) is 2. The summed E-state index contributed by atoms with van der Waals surface area (Å²) in [4.78, 5) is 18.0. The molecule has 31 heavy (non-hydrogen) atoms. The van der Waals surface area contributed by atoms with Crippen molar-refractivity contribution in [3.63, 3.8) is 0 Å². The van der Waals surface area contributed by atoms with Gasteiger partial charge in [0, 0.05) is 21.1 Å². The quantitative estimate of drug-likeness (QED) is 0.366. The van der Waals surface area contributed by atoms with Gasteiger partial charge in [-0.1, -0.05) is 28.1 Å². The van der Waals surface area contributed by atoms with Gasteiger partial charge in [0.05, 0.1) is 12.8 Å². The summed E-state index contributed by atoms with van der Waals surface area (Å²) >= 11 is 4.50. The number of nitriles is 1. The molecule has 0 fully saturated rings. The lowest BCUT2D eigenvalue weighted by Crippen LogP contribution is -2.11. The monoisotopic (exact) mass is 493 g/mol. The number of nitrogen functional groups attached to an aromatic ring is 2. The van der Waals surface area contributed by atoms with Crippen LogP contribution < -0.4 is 21.5 Å². The summed E-state index contributed by atoms with van der Waals surface area (Å²) in [6.45, 7) is 0. The Morgan fingerprint density at radius 2 is 1.84 bits per heavy atom. The number of hydrogen-bond acceptors (Lipinski definition) is 7. The van der Waals surface area contributed by atoms with E-state index in [0.29, 0.717) is 32.1 Å². The number of pyridine rings is 1. The Morgan fingerprint density at radius 3 is 2.45 bits per heavy atom. The van der Waals surface area contributed by atoms with Gasteiger partial charge in [0.2, 0.25) is 0 Å². The van der Waals surface area contributed by atoms with E-state index in [9.17, 15) is 10.1 Å². The number of hydrogen-bond donors (Lipinski definition) is 3. The molecule has 0 saturated carbocycles. The Hall–Kier alpha value is -3.61. The summed E-state index contributed by atoms with van der Waals surface area (Å²) < 4.78 is 6.12. The molecule has 7 nitrogen and oxygen atoms in total. The molecular formula is C22H16BrN5O2S. The molecule has 2 aromatic carbocycles. The summed E-state index contributed by atoms with van der Waals surface area (Å²) in [5.74, 6) is 0.399.